The van der Waals surface area contributed by atoms with Gasteiger partial charge >= 0.3 is 0 Å². The Kier molecular flexibility index (Phi) is 2.86. The van der Waals surface area contributed by atoms with E-state index in [0.717, 1.165) is 11.5 Å². The summed E-state index contributed by atoms with van der Waals surface area (Å²) in [6.45, 7) is 0. The molecule has 2 aliphatic rings. The van der Waals surface area contributed by atoms with Gasteiger partial charge in [0, 0.05) is 23.3 Å². The predicted octanol–water partition coefficient (Wildman–Crippen LogP) is 1.11. The highest BCUT2D eigenvalue weighted by molar-refractivity contribution is 8.07. The van der Waals surface area contributed by atoms with Gasteiger partial charge in [0.25, 0.3) is 0 Å². The fraction of sp³-hybridized carbons (Fsp3) is 0.875. The lowest BCUT2D eigenvalue weighted by molar-refractivity contribution is -0.120. The van der Waals surface area contributed by atoms with Crippen LogP contribution >= 0.6 is 23.5 Å². The Morgan fingerprint density at radius 2 is 2.17 bits per heavy atom. The van der Waals surface area contributed by atoms with Crippen LogP contribution in [0.4, 0.5) is 0 Å². The third-order valence-corrected chi connectivity index (χ3v) is 4.79. The van der Waals surface area contributed by atoms with Gasteiger partial charge < -0.3 is 5.32 Å². The topological polar surface area (TPSA) is 29.1 Å². The van der Waals surface area contributed by atoms with Crippen LogP contribution in [0.5, 0.6) is 0 Å². The molecule has 68 valence electrons. The Morgan fingerprint density at radius 3 is 2.75 bits per heavy atom. The average molecular weight is 203 g/mol. The van der Waals surface area contributed by atoms with Gasteiger partial charge in [0.05, 0.1) is 5.25 Å². The van der Waals surface area contributed by atoms with Gasteiger partial charge in [-0.2, -0.15) is 11.8 Å². The maximum atomic E-state index is 11.5. The van der Waals surface area contributed by atoms with E-state index in [4.69, 9.17) is 0 Å². The zero-order chi connectivity index (χ0) is 8.39. The summed E-state index contributed by atoms with van der Waals surface area (Å²) < 4.78 is 0. The highest BCUT2D eigenvalue weighted by Gasteiger charge is 2.28. The van der Waals surface area contributed by atoms with Gasteiger partial charge in [-0.3, -0.25) is 4.79 Å². The van der Waals surface area contributed by atoms with Crippen molar-refractivity contribution in [3.63, 3.8) is 0 Å². The van der Waals surface area contributed by atoms with Crippen LogP contribution in [-0.4, -0.2) is 34.5 Å². The fourth-order valence-corrected chi connectivity index (χ4v) is 3.73. The minimum absolute atomic E-state index is 0.226. The molecule has 0 aromatic heterocycles. The van der Waals surface area contributed by atoms with Crippen LogP contribution in [0, 0.1) is 0 Å². The van der Waals surface area contributed by atoms with Crippen LogP contribution < -0.4 is 5.32 Å². The number of hydrogen-bond donors (Lipinski definition) is 1. The minimum atomic E-state index is 0.226. The highest BCUT2D eigenvalue weighted by Crippen LogP contribution is 2.26. The molecule has 1 aliphatic carbocycles. The molecule has 1 N–H and O–H groups in total. The molecule has 0 aromatic rings. The molecule has 0 radical (unpaired) electrons. The summed E-state index contributed by atoms with van der Waals surface area (Å²) in [5.74, 6) is 3.61. The van der Waals surface area contributed by atoms with E-state index in [1.807, 2.05) is 23.5 Å². The molecule has 1 aliphatic heterocycles. The number of hydrogen-bond acceptors (Lipinski definition) is 3. The molecule has 12 heavy (non-hydrogen) atoms. The Labute approximate surface area is 81.2 Å². The molecule has 1 atom stereocenters. The van der Waals surface area contributed by atoms with E-state index in [2.05, 4.69) is 5.32 Å². The molecule has 2 rings (SSSR count). The predicted molar refractivity (Wildman–Crippen MR) is 54.7 cm³/mol. The van der Waals surface area contributed by atoms with Crippen molar-refractivity contribution in [3.8, 4) is 0 Å². The van der Waals surface area contributed by atoms with Crippen molar-refractivity contribution >= 4 is 29.4 Å². The standard InChI is InChI=1S/C8H13NOS2/c10-8(9-6-1-2-6)7-5-11-3-4-12-7/h6-7H,1-5H2,(H,9,10). The van der Waals surface area contributed by atoms with E-state index in [9.17, 15) is 4.79 Å². The molecule has 1 saturated carbocycles. The largest absolute Gasteiger partial charge is 0.352 e. The van der Waals surface area contributed by atoms with Crippen LogP contribution in [-0.2, 0) is 4.79 Å². The maximum Gasteiger partial charge on any atom is 0.234 e. The van der Waals surface area contributed by atoms with Crippen molar-refractivity contribution in [3.05, 3.63) is 0 Å². The minimum Gasteiger partial charge on any atom is -0.352 e. The van der Waals surface area contributed by atoms with E-state index in [1.165, 1.54) is 18.6 Å². The lowest BCUT2D eigenvalue weighted by Crippen LogP contribution is -2.37. The summed E-state index contributed by atoms with van der Waals surface area (Å²) in [6, 6.07) is 0.519. The maximum absolute atomic E-state index is 11.5. The molecule has 0 bridgehead atoms. The van der Waals surface area contributed by atoms with Crippen LogP contribution in [0.15, 0.2) is 0 Å². The van der Waals surface area contributed by atoms with Crippen LogP contribution in [0.3, 0.4) is 0 Å². The van der Waals surface area contributed by atoms with E-state index >= 15 is 0 Å². The van der Waals surface area contributed by atoms with E-state index in [-0.39, 0.29) is 11.2 Å². The van der Waals surface area contributed by atoms with E-state index in [0.29, 0.717) is 6.04 Å². The molecular weight excluding hydrogens is 190 g/mol. The lowest BCUT2D eigenvalue weighted by atomic mass is 10.4. The van der Waals surface area contributed by atoms with Crippen molar-refractivity contribution in [2.45, 2.75) is 24.1 Å². The van der Waals surface area contributed by atoms with E-state index < -0.39 is 0 Å². The molecule has 4 heteroatoms. The number of amides is 1. The summed E-state index contributed by atoms with van der Waals surface area (Å²) in [6.07, 6.45) is 2.38. The third-order valence-electron chi connectivity index (χ3n) is 2.03. The average Bonchev–Trinajstić information content (AvgIpc) is 2.90. The Bertz CT molecular complexity index is 176. The first-order valence-electron chi connectivity index (χ1n) is 4.36. The second kappa shape index (κ2) is 3.92. The van der Waals surface area contributed by atoms with Crippen molar-refractivity contribution in [1.29, 1.82) is 0 Å². The van der Waals surface area contributed by atoms with Crippen LogP contribution in [0.2, 0.25) is 0 Å². The second-order valence-electron chi connectivity index (χ2n) is 3.22. The van der Waals surface area contributed by atoms with Gasteiger partial charge in [0.15, 0.2) is 0 Å². The highest BCUT2D eigenvalue weighted by atomic mass is 32.2. The second-order valence-corrected chi connectivity index (χ2v) is 5.68. The van der Waals surface area contributed by atoms with Gasteiger partial charge in [-0.15, -0.1) is 11.8 Å². The smallest absolute Gasteiger partial charge is 0.234 e. The molecule has 2 fully saturated rings. The molecule has 1 unspecified atom stereocenters. The molecule has 0 aromatic carbocycles. The Balaban J connectivity index is 1.76. The van der Waals surface area contributed by atoms with Crippen LogP contribution in [0.25, 0.3) is 0 Å². The van der Waals surface area contributed by atoms with Crippen LogP contribution in [0.1, 0.15) is 12.8 Å². The lowest BCUT2D eigenvalue weighted by Gasteiger charge is -2.19. The number of thioether (sulfide) groups is 2. The number of rotatable bonds is 2. The summed E-state index contributed by atoms with van der Waals surface area (Å²) in [5.41, 5.74) is 0. The quantitative estimate of drug-likeness (QED) is 0.729. The van der Waals surface area contributed by atoms with Gasteiger partial charge in [0.1, 0.15) is 0 Å². The molecule has 2 nitrogen and oxygen atoms in total. The number of carbonyl (C=O) groups is 1. The molecule has 1 amide bonds. The summed E-state index contributed by atoms with van der Waals surface area (Å²) >= 11 is 3.71. The number of nitrogens with one attached hydrogen (secondary N) is 1. The monoisotopic (exact) mass is 203 g/mol. The zero-order valence-corrected chi connectivity index (χ0v) is 8.55. The van der Waals surface area contributed by atoms with Crippen molar-refractivity contribution in [2.24, 2.45) is 0 Å². The first kappa shape index (κ1) is 8.75. The Hall–Kier alpha value is 0.170. The summed E-state index contributed by atoms with van der Waals surface area (Å²) in [4.78, 5) is 11.5. The fourth-order valence-electron chi connectivity index (χ4n) is 1.16. The third kappa shape index (κ3) is 2.33. The molecule has 1 saturated heterocycles. The number of carbonyl (C=O) groups excluding carboxylic acids is 1. The first-order chi connectivity index (χ1) is 5.86. The van der Waals surface area contributed by atoms with E-state index in [1.54, 1.807) is 0 Å². The normalized spacial score (nSPS) is 29.8. The SMILES string of the molecule is O=C(NC1CC1)C1CSCCS1. The first-order valence-corrected chi connectivity index (χ1v) is 6.56. The molecular formula is C8H13NOS2. The van der Waals surface area contributed by atoms with Crippen molar-refractivity contribution < 1.29 is 4.79 Å². The molecule has 0 spiro atoms. The molecule has 1 heterocycles. The zero-order valence-electron chi connectivity index (χ0n) is 6.91. The van der Waals surface area contributed by atoms with Gasteiger partial charge in [0.2, 0.25) is 5.91 Å². The van der Waals surface area contributed by atoms with Gasteiger partial charge in [-0.1, -0.05) is 0 Å². The van der Waals surface area contributed by atoms with Crippen molar-refractivity contribution in [2.75, 3.05) is 17.3 Å². The Morgan fingerprint density at radius 1 is 1.33 bits per heavy atom. The summed E-state index contributed by atoms with van der Waals surface area (Å²) in [7, 11) is 0. The van der Waals surface area contributed by atoms with Gasteiger partial charge in [-0.05, 0) is 12.8 Å². The van der Waals surface area contributed by atoms with Gasteiger partial charge in [-0.25, -0.2) is 0 Å². The van der Waals surface area contributed by atoms with Crippen molar-refractivity contribution in [1.82, 2.24) is 5.32 Å². The summed E-state index contributed by atoms with van der Waals surface area (Å²) in [5, 5.41) is 3.28.